The zero-order chi connectivity index (χ0) is 17.3. The molecule has 1 aliphatic rings. The van der Waals surface area contributed by atoms with Crippen LogP contribution in [0.25, 0.3) is 0 Å². The lowest BCUT2D eigenvalue weighted by Crippen LogP contribution is -2.43. The Morgan fingerprint density at radius 3 is 2.35 bits per heavy atom. The molecule has 1 aliphatic carbocycles. The van der Waals surface area contributed by atoms with Gasteiger partial charge >= 0.3 is 5.97 Å². The van der Waals surface area contributed by atoms with Crippen molar-refractivity contribution in [1.82, 2.24) is 9.62 Å². The van der Waals surface area contributed by atoms with Gasteiger partial charge in [-0.15, -0.1) is 0 Å². The third-order valence-electron chi connectivity index (χ3n) is 3.95. The number of sulfonamides is 1. The fourth-order valence-corrected chi connectivity index (χ4v) is 3.82. The van der Waals surface area contributed by atoms with Crippen LogP contribution in [0.3, 0.4) is 0 Å². The summed E-state index contributed by atoms with van der Waals surface area (Å²) in [6, 6.07) is 5.65. The van der Waals surface area contributed by atoms with E-state index in [2.05, 4.69) is 5.32 Å². The summed E-state index contributed by atoms with van der Waals surface area (Å²) in [7, 11) is -3.66. The second-order valence-corrected chi connectivity index (χ2v) is 7.40. The molecule has 1 saturated carbocycles. The van der Waals surface area contributed by atoms with Crippen molar-refractivity contribution in [1.29, 1.82) is 0 Å². The van der Waals surface area contributed by atoms with Crippen LogP contribution in [0.1, 0.15) is 37.0 Å². The van der Waals surface area contributed by atoms with Gasteiger partial charge in [0.05, 0.1) is 4.90 Å². The molecule has 23 heavy (non-hydrogen) atoms. The molecule has 126 valence electrons. The number of carboxylic acid groups (broad SMARTS) is 1. The summed E-state index contributed by atoms with van der Waals surface area (Å²) in [6.07, 6.45) is 0.761. The van der Waals surface area contributed by atoms with Crippen molar-refractivity contribution < 1.29 is 23.1 Å². The molecule has 0 atom stereocenters. The maximum Gasteiger partial charge on any atom is 0.329 e. The second kappa shape index (κ2) is 6.29. The minimum atomic E-state index is -3.66. The topological polar surface area (TPSA) is 104 Å². The van der Waals surface area contributed by atoms with E-state index in [0.717, 1.165) is 0 Å². The Hall–Kier alpha value is -1.93. The first-order valence-corrected chi connectivity index (χ1v) is 8.87. The van der Waals surface area contributed by atoms with Crippen molar-refractivity contribution in [3.63, 3.8) is 0 Å². The van der Waals surface area contributed by atoms with Gasteiger partial charge in [0.25, 0.3) is 5.91 Å². The number of carbonyl (C=O) groups excluding carboxylic acids is 1. The molecule has 8 heteroatoms. The Bertz CT molecular complexity index is 721. The molecule has 1 aromatic rings. The van der Waals surface area contributed by atoms with E-state index in [1.54, 1.807) is 13.8 Å². The van der Waals surface area contributed by atoms with Gasteiger partial charge in [-0.25, -0.2) is 13.2 Å². The standard InChI is InChI=1S/C15H20N2O5S/c1-3-17(4-2)23(21,22)12-7-5-6-11(10-12)13(18)16-15(8-9-15)14(19)20/h5-7,10H,3-4,8-9H2,1-2H3,(H,16,18)(H,19,20). The largest absolute Gasteiger partial charge is 0.480 e. The van der Waals surface area contributed by atoms with Gasteiger partial charge in [0.1, 0.15) is 5.54 Å². The lowest BCUT2D eigenvalue weighted by molar-refractivity contribution is -0.140. The monoisotopic (exact) mass is 340 g/mol. The Morgan fingerprint density at radius 1 is 1.26 bits per heavy atom. The van der Waals surface area contributed by atoms with Gasteiger partial charge in [-0.2, -0.15) is 4.31 Å². The predicted octanol–water partition coefficient (Wildman–Crippen LogP) is 1.06. The molecule has 2 N–H and O–H groups in total. The van der Waals surface area contributed by atoms with E-state index in [9.17, 15) is 18.0 Å². The molecule has 0 radical (unpaired) electrons. The molecule has 1 fully saturated rings. The van der Waals surface area contributed by atoms with E-state index in [4.69, 9.17) is 5.11 Å². The van der Waals surface area contributed by atoms with E-state index in [1.807, 2.05) is 0 Å². The van der Waals surface area contributed by atoms with Crippen LogP contribution in [0.2, 0.25) is 0 Å². The van der Waals surface area contributed by atoms with Crippen LogP contribution in [0.4, 0.5) is 0 Å². The van der Waals surface area contributed by atoms with Gasteiger partial charge in [-0.1, -0.05) is 19.9 Å². The zero-order valence-corrected chi connectivity index (χ0v) is 13.9. The summed E-state index contributed by atoms with van der Waals surface area (Å²) in [5.74, 6) is -1.65. The average Bonchev–Trinajstić information content (AvgIpc) is 3.29. The second-order valence-electron chi connectivity index (χ2n) is 5.46. The number of rotatable bonds is 7. The first-order chi connectivity index (χ1) is 10.8. The summed E-state index contributed by atoms with van der Waals surface area (Å²) in [4.78, 5) is 23.4. The first-order valence-electron chi connectivity index (χ1n) is 7.43. The Kier molecular flexibility index (Phi) is 4.76. The van der Waals surface area contributed by atoms with Gasteiger partial charge in [0, 0.05) is 18.7 Å². The van der Waals surface area contributed by atoms with Crippen LogP contribution in [-0.2, 0) is 14.8 Å². The van der Waals surface area contributed by atoms with E-state index in [1.165, 1.54) is 28.6 Å². The Labute approximate surface area is 135 Å². The molecule has 7 nitrogen and oxygen atoms in total. The highest BCUT2D eigenvalue weighted by Crippen LogP contribution is 2.35. The van der Waals surface area contributed by atoms with Crippen LogP contribution in [0.15, 0.2) is 29.2 Å². The lowest BCUT2D eigenvalue weighted by Gasteiger charge is -2.19. The number of carbonyl (C=O) groups is 2. The molecular weight excluding hydrogens is 320 g/mol. The lowest BCUT2D eigenvalue weighted by atomic mass is 10.2. The van der Waals surface area contributed by atoms with Crippen molar-refractivity contribution in [3.8, 4) is 0 Å². The highest BCUT2D eigenvalue weighted by Gasteiger charge is 2.51. The molecule has 0 saturated heterocycles. The highest BCUT2D eigenvalue weighted by molar-refractivity contribution is 7.89. The molecule has 1 aromatic carbocycles. The maximum absolute atomic E-state index is 12.5. The summed E-state index contributed by atoms with van der Waals surface area (Å²) >= 11 is 0. The summed E-state index contributed by atoms with van der Waals surface area (Å²) in [5, 5.41) is 11.6. The number of aliphatic carboxylic acids is 1. The van der Waals surface area contributed by atoms with Gasteiger partial charge in [-0.3, -0.25) is 4.79 Å². The normalized spacial score (nSPS) is 16.1. The van der Waals surface area contributed by atoms with Crippen molar-refractivity contribution in [2.24, 2.45) is 0 Å². The maximum atomic E-state index is 12.5. The number of amides is 1. The minimum absolute atomic E-state index is 0.0222. The average molecular weight is 340 g/mol. The fourth-order valence-electron chi connectivity index (χ4n) is 2.32. The Balaban J connectivity index is 2.27. The number of hydrogen-bond acceptors (Lipinski definition) is 4. The van der Waals surface area contributed by atoms with Crippen LogP contribution in [0, 0.1) is 0 Å². The van der Waals surface area contributed by atoms with Crippen molar-refractivity contribution in [2.75, 3.05) is 13.1 Å². The third-order valence-corrected chi connectivity index (χ3v) is 6.00. The fraction of sp³-hybridized carbons (Fsp3) is 0.467. The van der Waals surface area contributed by atoms with Crippen LogP contribution >= 0.6 is 0 Å². The number of carboxylic acids is 1. The number of nitrogens with zero attached hydrogens (tertiary/aromatic N) is 1. The van der Waals surface area contributed by atoms with E-state index < -0.39 is 27.4 Å². The molecule has 0 heterocycles. The summed E-state index contributed by atoms with van der Waals surface area (Å²) < 4.78 is 26.2. The number of nitrogens with one attached hydrogen (secondary N) is 1. The molecule has 0 bridgehead atoms. The number of benzene rings is 1. The molecule has 0 spiro atoms. The molecular formula is C15H20N2O5S. The van der Waals surface area contributed by atoms with Crippen molar-refractivity contribution in [3.05, 3.63) is 29.8 Å². The minimum Gasteiger partial charge on any atom is -0.480 e. The smallest absolute Gasteiger partial charge is 0.329 e. The van der Waals surface area contributed by atoms with Gasteiger partial charge in [0.15, 0.2) is 0 Å². The summed E-state index contributed by atoms with van der Waals surface area (Å²) in [6.45, 7) is 4.14. The molecule has 1 amide bonds. The van der Waals surface area contributed by atoms with Crippen molar-refractivity contribution in [2.45, 2.75) is 37.1 Å². The van der Waals surface area contributed by atoms with Crippen LogP contribution < -0.4 is 5.32 Å². The molecule has 2 rings (SSSR count). The molecule has 0 unspecified atom stereocenters. The van der Waals surface area contributed by atoms with Crippen LogP contribution in [0.5, 0.6) is 0 Å². The molecule has 0 aliphatic heterocycles. The van der Waals surface area contributed by atoms with E-state index in [0.29, 0.717) is 25.9 Å². The zero-order valence-electron chi connectivity index (χ0n) is 13.1. The van der Waals surface area contributed by atoms with E-state index >= 15 is 0 Å². The van der Waals surface area contributed by atoms with Crippen LogP contribution in [-0.4, -0.2) is 48.3 Å². The number of hydrogen-bond donors (Lipinski definition) is 2. The quantitative estimate of drug-likeness (QED) is 0.772. The summed E-state index contributed by atoms with van der Waals surface area (Å²) in [5.41, 5.74) is -1.07. The third kappa shape index (κ3) is 3.37. The van der Waals surface area contributed by atoms with Gasteiger partial charge in [-0.05, 0) is 31.0 Å². The highest BCUT2D eigenvalue weighted by atomic mass is 32.2. The Morgan fingerprint density at radius 2 is 1.87 bits per heavy atom. The predicted molar refractivity (Wildman–Crippen MR) is 83.6 cm³/mol. The van der Waals surface area contributed by atoms with E-state index in [-0.39, 0.29) is 10.5 Å². The molecule has 0 aromatic heterocycles. The van der Waals surface area contributed by atoms with Crippen molar-refractivity contribution >= 4 is 21.9 Å². The van der Waals surface area contributed by atoms with Gasteiger partial charge < -0.3 is 10.4 Å². The SMILES string of the molecule is CCN(CC)S(=O)(=O)c1cccc(C(=O)NC2(C(=O)O)CC2)c1. The van der Waals surface area contributed by atoms with Gasteiger partial charge in [0.2, 0.25) is 10.0 Å². The first kappa shape index (κ1) is 17.4.